The van der Waals surface area contributed by atoms with E-state index >= 15 is 0 Å². The third-order valence-electron chi connectivity index (χ3n) is 3.99. The van der Waals surface area contributed by atoms with Crippen LogP contribution < -0.4 is 10.1 Å². The molecule has 2 aromatic carbocycles. The van der Waals surface area contributed by atoms with Crippen LogP contribution in [0.1, 0.15) is 35.9 Å². The minimum Gasteiger partial charge on any atom is -0.489 e. The third kappa shape index (κ3) is 4.69. The molecular weight excluding hydrogens is 381 g/mol. The Morgan fingerprint density at radius 3 is 2.57 bits per heavy atom. The van der Waals surface area contributed by atoms with E-state index in [1.54, 1.807) is 12.1 Å². The van der Waals surface area contributed by atoms with Crippen molar-refractivity contribution in [2.75, 3.05) is 0 Å². The maximum absolute atomic E-state index is 13.1. The molecule has 0 spiro atoms. The van der Waals surface area contributed by atoms with Gasteiger partial charge in [-0.1, -0.05) is 35.5 Å². The highest BCUT2D eigenvalue weighted by molar-refractivity contribution is 8.14. The van der Waals surface area contributed by atoms with Gasteiger partial charge in [0.05, 0.1) is 0 Å². The number of amidine groups is 1. The Hall–Kier alpha value is -2.87. The van der Waals surface area contributed by atoms with Crippen LogP contribution in [0.3, 0.4) is 0 Å². The Morgan fingerprint density at radius 1 is 1.21 bits per heavy atom. The highest BCUT2D eigenvalue weighted by Crippen LogP contribution is 2.43. The van der Waals surface area contributed by atoms with Gasteiger partial charge in [-0.3, -0.25) is 9.59 Å². The summed E-state index contributed by atoms with van der Waals surface area (Å²) in [5, 5.41) is 8.08. The van der Waals surface area contributed by atoms with Crippen LogP contribution in [0.2, 0.25) is 0 Å². The standard InChI is InChI=1S/C20H20FN3O3S/c1-12-4-9-18(27-11-15-5-7-16(21)8-6-15)17(10-12)19-24(14(3)26)23-20(28-19)22-13(2)25/h4-10,19H,11H2,1-3H3,(H,22,23,25)/t19-/m0/s1. The smallest absolute Gasteiger partial charge is 0.241 e. The van der Waals surface area contributed by atoms with Gasteiger partial charge < -0.3 is 10.1 Å². The number of halogens is 1. The first-order chi connectivity index (χ1) is 13.3. The first-order valence-electron chi connectivity index (χ1n) is 8.64. The second kappa shape index (κ2) is 8.43. The molecule has 28 heavy (non-hydrogen) atoms. The molecule has 2 aromatic rings. The molecule has 0 unspecified atom stereocenters. The second-order valence-electron chi connectivity index (χ2n) is 6.38. The molecule has 0 bridgehead atoms. The first kappa shape index (κ1) is 19.9. The number of hydrogen-bond donors (Lipinski definition) is 1. The van der Waals surface area contributed by atoms with Crippen molar-refractivity contribution in [2.45, 2.75) is 32.8 Å². The van der Waals surface area contributed by atoms with Gasteiger partial charge in [0.25, 0.3) is 0 Å². The number of carbonyl (C=O) groups is 2. The lowest BCUT2D eigenvalue weighted by molar-refractivity contribution is -0.129. The molecule has 8 heteroatoms. The zero-order valence-electron chi connectivity index (χ0n) is 15.7. The molecule has 0 aliphatic carbocycles. The summed E-state index contributed by atoms with van der Waals surface area (Å²) in [5.74, 6) is -0.212. The van der Waals surface area contributed by atoms with Crippen LogP contribution in [-0.4, -0.2) is 22.0 Å². The molecular formula is C20H20FN3O3S. The van der Waals surface area contributed by atoms with E-state index in [1.165, 1.54) is 42.8 Å². The van der Waals surface area contributed by atoms with Gasteiger partial charge in [-0.15, -0.1) is 5.10 Å². The van der Waals surface area contributed by atoms with E-state index in [9.17, 15) is 14.0 Å². The van der Waals surface area contributed by atoms with Crippen molar-refractivity contribution >= 4 is 28.7 Å². The predicted molar refractivity (Wildman–Crippen MR) is 106 cm³/mol. The van der Waals surface area contributed by atoms with Crippen LogP contribution >= 0.6 is 11.8 Å². The summed E-state index contributed by atoms with van der Waals surface area (Å²) in [7, 11) is 0. The number of carbonyl (C=O) groups excluding carboxylic acids is 2. The number of amides is 2. The molecule has 0 saturated carbocycles. The van der Waals surface area contributed by atoms with Gasteiger partial charge in [0.15, 0.2) is 5.17 Å². The van der Waals surface area contributed by atoms with E-state index in [-0.39, 0.29) is 24.2 Å². The molecule has 0 radical (unpaired) electrons. The molecule has 0 saturated heterocycles. The Balaban J connectivity index is 1.86. The summed E-state index contributed by atoms with van der Waals surface area (Å²) in [5.41, 5.74) is 2.60. The van der Waals surface area contributed by atoms with E-state index in [0.717, 1.165) is 16.7 Å². The fraction of sp³-hybridized carbons (Fsp3) is 0.250. The van der Waals surface area contributed by atoms with Gasteiger partial charge in [0.1, 0.15) is 23.5 Å². The Bertz CT molecular complexity index is 931. The van der Waals surface area contributed by atoms with E-state index in [1.807, 2.05) is 25.1 Å². The van der Waals surface area contributed by atoms with Crippen molar-refractivity contribution in [2.24, 2.45) is 5.10 Å². The first-order valence-corrected chi connectivity index (χ1v) is 9.52. The predicted octanol–water partition coefficient (Wildman–Crippen LogP) is 3.71. The van der Waals surface area contributed by atoms with Crippen molar-refractivity contribution in [1.82, 2.24) is 10.3 Å². The van der Waals surface area contributed by atoms with Gasteiger partial charge >= 0.3 is 0 Å². The summed E-state index contributed by atoms with van der Waals surface area (Å²) in [6.45, 7) is 5.01. The summed E-state index contributed by atoms with van der Waals surface area (Å²) < 4.78 is 19.0. The number of nitrogens with zero attached hydrogens (tertiary/aromatic N) is 2. The SMILES string of the molecule is CC(=O)NC1=NN(C(C)=O)[C@H](c2cc(C)ccc2OCc2ccc(F)cc2)S1. The maximum atomic E-state index is 13.1. The van der Waals surface area contributed by atoms with Gasteiger partial charge in [-0.2, -0.15) is 0 Å². The average molecular weight is 401 g/mol. The van der Waals surface area contributed by atoms with Gasteiger partial charge in [-0.25, -0.2) is 9.40 Å². The summed E-state index contributed by atoms with van der Waals surface area (Å²) in [6.07, 6.45) is 0. The lowest BCUT2D eigenvalue weighted by Gasteiger charge is -2.22. The number of ether oxygens (including phenoxy) is 1. The van der Waals surface area contributed by atoms with Gasteiger partial charge in [-0.05, 0) is 36.8 Å². The molecule has 3 rings (SSSR count). The zero-order valence-corrected chi connectivity index (χ0v) is 16.5. The largest absolute Gasteiger partial charge is 0.489 e. The van der Waals surface area contributed by atoms with E-state index < -0.39 is 5.37 Å². The number of benzene rings is 2. The van der Waals surface area contributed by atoms with Crippen LogP contribution in [0.15, 0.2) is 47.6 Å². The Labute approximate surface area is 166 Å². The summed E-state index contributed by atoms with van der Waals surface area (Å²) >= 11 is 1.27. The third-order valence-corrected chi connectivity index (χ3v) is 5.07. The molecule has 0 aromatic heterocycles. The molecule has 1 aliphatic rings. The molecule has 2 amide bonds. The quantitative estimate of drug-likeness (QED) is 0.848. The second-order valence-corrected chi connectivity index (χ2v) is 7.45. The zero-order chi connectivity index (χ0) is 20.3. The summed E-state index contributed by atoms with van der Waals surface area (Å²) in [6, 6.07) is 11.8. The number of hydrazone groups is 1. The maximum Gasteiger partial charge on any atom is 0.241 e. The minimum absolute atomic E-state index is 0.246. The number of thioether (sulfide) groups is 1. The normalized spacial score (nSPS) is 15.9. The fourth-order valence-electron chi connectivity index (χ4n) is 2.70. The lowest BCUT2D eigenvalue weighted by atomic mass is 10.1. The van der Waals surface area contributed by atoms with Crippen LogP contribution in [0.25, 0.3) is 0 Å². The Morgan fingerprint density at radius 2 is 1.93 bits per heavy atom. The molecule has 1 atom stereocenters. The van der Waals surface area contributed by atoms with Gasteiger partial charge in [0, 0.05) is 19.4 Å². The van der Waals surface area contributed by atoms with Crippen molar-refractivity contribution in [3.63, 3.8) is 0 Å². The average Bonchev–Trinajstić information content (AvgIpc) is 3.05. The molecule has 1 aliphatic heterocycles. The monoisotopic (exact) mass is 401 g/mol. The van der Waals surface area contributed by atoms with Crippen molar-refractivity contribution in [3.8, 4) is 5.75 Å². The number of aryl methyl sites for hydroxylation is 1. The van der Waals surface area contributed by atoms with Crippen LogP contribution in [0.5, 0.6) is 5.75 Å². The lowest BCUT2D eigenvalue weighted by Crippen LogP contribution is -2.25. The Kier molecular flexibility index (Phi) is 5.99. The van der Waals surface area contributed by atoms with Crippen LogP contribution in [-0.2, 0) is 16.2 Å². The fourth-order valence-corrected chi connectivity index (χ4v) is 3.86. The van der Waals surface area contributed by atoms with Gasteiger partial charge in [0.2, 0.25) is 11.8 Å². The number of nitrogens with one attached hydrogen (secondary N) is 1. The topological polar surface area (TPSA) is 71.0 Å². The van der Waals surface area contributed by atoms with Crippen LogP contribution in [0.4, 0.5) is 4.39 Å². The number of hydrogen-bond acceptors (Lipinski definition) is 5. The van der Waals surface area contributed by atoms with E-state index in [4.69, 9.17) is 4.74 Å². The van der Waals surface area contributed by atoms with E-state index in [2.05, 4.69) is 10.4 Å². The van der Waals surface area contributed by atoms with E-state index in [0.29, 0.717) is 10.9 Å². The number of rotatable bonds is 4. The summed E-state index contributed by atoms with van der Waals surface area (Å²) in [4.78, 5) is 23.4. The van der Waals surface area contributed by atoms with Crippen molar-refractivity contribution in [1.29, 1.82) is 0 Å². The molecule has 1 N–H and O–H groups in total. The molecule has 0 fully saturated rings. The van der Waals surface area contributed by atoms with Crippen molar-refractivity contribution < 1.29 is 18.7 Å². The molecule has 6 nitrogen and oxygen atoms in total. The van der Waals surface area contributed by atoms with Crippen LogP contribution in [0, 0.1) is 12.7 Å². The highest BCUT2D eigenvalue weighted by Gasteiger charge is 2.34. The highest BCUT2D eigenvalue weighted by atomic mass is 32.2. The molecule has 1 heterocycles. The van der Waals surface area contributed by atoms with Crippen molar-refractivity contribution in [3.05, 3.63) is 65.0 Å². The molecule has 146 valence electrons. The minimum atomic E-state index is -0.456.